The first kappa shape index (κ1) is 20.7. The standard InChI is InChI=1S/C23H19FN2O4S/c24-17-9-6-10-18(13-17)25-22(27)15-26-19-11-4-5-12-20(19)31(29,30)21(14-23(26)28)16-7-2-1-3-8-16/h1-13,21H,14-15H2,(H,25,27). The van der Waals surface area contributed by atoms with Crippen molar-refractivity contribution in [2.45, 2.75) is 16.6 Å². The molecule has 2 amide bonds. The summed E-state index contributed by atoms with van der Waals surface area (Å²) in [5, 5.41) is 1.49. The molecule has 0 saturated heterocycles. The predicted octanol–water partition coefficient (Wildman–Crippen LogP) is 3.72. The molecule has 158 valence electrons. The first-order valence-electron chi connectivity index (χ1n) is 9.60. The number of nitrogens with zero attached hydrogens (tertiary/aromatic N) is 1. The van der Waals surface area contributed by atoms with E-state index in [-0.39, 0.29) is 22.7 Å². The number of para-hydroxylation sites is 1. The van der Waals surface area contributed by atoms with Gasteiger partial charge in [0.25, 0.3) is 0 Å². The number of anilines is 2. The van der Waals surface area contributed by atoms with Gasteiger partial charge in [0.15, 0.2) is 9.84 Å². The Bertz CT molecular complexity index is 1250. The molecule has 1 atom stereocenters. The van der Waals surface area contributed by atoms with Crippen molar-refractivity contribution < 1.29 is 22.4 Å². The Hall–Kier alpha value is -3.52. The molecule has 3 aromatic rings. The summed E-state index contributed by atoms with van der Waals surface area (Å²) in [5.41, 5.74) is 0.910. The summed E-state index contributed by atoms with van der Waals surface area (Å²) < 4.78 is 40.2. The fourth-order valence-corrected chi connectivity index (χ4v) is 5.56. The highest BCUT2D eigenvalue weighted by atomic mass is 32.2. The fourth-order valence-electron chi connectivity index (χ4n) is 3.64. The molecule has 8 heteroatoms. The quantitative estimate of drug-likeness (QED) is 0.673. The van der Waals surface area contributed by atoms with Crippen molar-refractivity contribution in [3.8, 4) is 0 Å². The first-order chi connectivity index (χ1) is 14.9. The van der Waals surface area contributed by atoms with Gasteiger partial charge in [0.2, 0.25) is 11.8 Å². The van der Waals surface area contributed by atoms with Crippen LogP contribution in [0.25, 0.3) is 0 Å². The molecule has 1 aliphatic rings. The molecule has 0 saturated carbocycles. The van der Waals surface area contributed by atoms with Crippen molar-refractivity contribution in [1.29, 1.82) is 0 Å². The van der Waals surface area contributed by atoms with Crippen LogP contribution in [-0.2, 0) is 19.4 Å². The molecule has 1 heterocycles. The van der Waals surface area contributed by atoms with Gasteiger partial charge in [0.1, 0.15) is 12.4 Å². The van der Waals surface area contributed by atoms with E-state index in [1.54, 1.807) is 42.5 Å². The minimum atomic E-state index is -3.88. The van der Waals surface area contributed by atoms with Gasteiger partial charge < -0.3 is 10.2 Å². The number of nitrogens with one attached hydrogen (secondary N) is 1. The topological polar surface area (TPSA) is 83.6 Å². The van der Waals surface area contributed by atoms with E-state index in [0.717, 1.165) is 6.07 Å². The van der Waals surface area contributed by atoms with E-state index in [2.05, 4.69) is 5.32 Å². The van der Waals surface area contributed by atoms with E-state index in [9.17, 15) is 22.4 Å². The van der Waals surface area contributed by atoms with Gasteiger partial charge in [-0.15, -0.1) is 0 Å². The normalized spacial score (nSPS) is 17.5. The Morgan fingerprint density at radius 1 is 1.00 bits per heavy atom. The monoisotopic (exact) mass is 438 g/mol. The van der Waals surface area contributed by atoms with Crippen LogP contribution < -0.4 is 10.2 Å². The number of amides is 2. The Morgan fingerprint density at radius 2 is 1.71 bits per heavy atom. The SMILES string of the molecule is O=C(CN1C(=O)CC(c2ccccc2)S(=O)(=O)c2ccccc21)Nc1cccc(F)c1. The summed E-state index contributed by atoms with van der Waals surface area (Å²) >= 11 is 0. The van der Waals surface area contributed by atoms with Gasteiger partial charge in [-0.2, -0.15) is 0 Å². The molecule has 0 aliphatic carbocycles. The smallest absolute Gasteiger partial charge is 0.244 e. The first-order valence-corrected chi connectivity index (χ1v) is 11.1. The summed E-state index contributed by atoms with van der Waals surface area (Å²) in [6.45, 7) is -0.399. The van der Waals surface area contributed by atoms with Gasteiger partial charge in [-0.05, 0) is 35.9 Å². The van der Waals surface area contributed by atoms with Crippen molar-refractivity contribution in [3.05, 3.63) is 90.2 Å². The maximum absolute atomic E-state index is 13.4. The molecule has 0 radical (unpaired) electrons. The van der Waals surface area contributed by atoms with Crippen LogP contribution in [0.15, 0.2) is 83.8 Å². The van der Waals surface area contributed by atoms with Crippen LogP contribution in [0.3, 0.4) is 0 Å². The Kier molecular flexibility index (Phi) is 5.56. The van der Waals surface area contributed by atoms with Crippen LogP contribution >= 0.6 is 0 Å². The summed E-state index contributed by atoms with van der Waals surface area (Å²) in [5.74, 6) is -1.56. The highest BCUT2D eigenvalue weighted by Gasteiger charge is 2.39. The van der Waals surface area contributed by atoms with Gasteiger partial charge >= 0.3 is 0 Å². The molecule has 0 spiro atoms. The zero-order chi connectivity index (χ0) is 22.0. The predicted molar refractivity (Wildman–Crippen MR) is 115 cm³/mol. The average molecular weight is 438 g/mol. The maximum Gasteiger partial charge on any atom is 0.244 e. The van der Waals surface area contributed by atoms with Crippen molar-refractivity contribution in [2.75, 3.05) is 16.8 Å². The number of fused-ring (bicyclic) bond motifs is 1. The molecule has 1 unspecified atom stereocenters. The van der Waals surface area contributed by atoms with Crippen molar-refractivity contribution in [1.82, 2.24) is 0 Å². The Morgan fingerprint density at radius 3 is 2.45 bits per heavy atom. The van der Waals surface area contributed by atoms with Crippen LogP contribution in [0.1, 0.15) is 17.2 Å². The van der Waals surface area contributed by atoms with E-state index < -0.39 is 39.3 Å². The number of carbonyl (C=O) groups is 2. The second-order valence-electron chi connectivity index (χ2n) is 7.15. The third kappa shape index (κ3) is 4.20. The molecule has 4 rings (SSSR count). The summed E-state index contributed by atoms with van der Waals surface area (Å²) in [6.07, 6.45) is -0.297. The highest BCUT2D eigenvalue weighted by molar-refractivity contribution is 7.92. The number of benzene rings is 3. The zero-order valence-corrected chi connectivity index (χ0v) is 17.2. The minimum Gasteiger partial charge on any atom is -0.324 e. The van der Waals surface area contributed by atoms with Crippen LogP contribution in [0.2, 0.25) is 0 Å². The average Bonchev–Trinajstić information content (AvgIpc) is 2.83. The van der Waals surface area contributed by atoms with E-state index in [4.69, 9.17) is 0 Å². The highest BCUT2D eigenvalue weighted by Crippen LogP contribution is 2.40. The lowest BCUT2D eigenvalue weighted by Gasteiger charge is -2.21. The number of hydrogen-bond donors (Lipinski definition) is 1. The van der Waals surface area contributed by atoms with Crippen LogP contribution in [0.4, 0.5) is 15.8 Å². The van der Waals surface area contributed by atoms with Crippen molar-refractivity contribution in [2.24, 2.45) is 0 Å². The second-order valence-corrected chi connectivity index (χ2v) is 9.25. The lowest BCUT2D eigenvalue weighted by Crippen LogP contribution is -2.38. The Labute approximate surface area is 179 Å². The van der Waals surface area contributed by atoms with Crippen molar-refractivity contribution in [3.63, 3.8) is 0 Å². The van der Waals surface area contributed by atoms with Crippen LogP contribution in [0, 0.1) is 5.82 Å². The molecular weight excluding hydrogens is 419 g/mol. The number of halogens is 1. The number of hydrogen-bond acceptors (Lipinski definition) is 4. The summed E-state index contributed by atoms with van der Waals surface area (Å²) in [4.78, 5) is 26.9. The molecule has 0 fully saturated rings. The fraction of sp³-hybridized carbons (Fsp3) is 0.130. The zero-order valence-electron chi connectivity index (χ0n) is 16.4. The van der Waals surface area contributed by atoms with E-state index >= 15 is 0 Å². The molecule has 1 N–H and O–H groups in total. The van der Waals surface area contributed by atoms with Gasteiger partial charge in [-0.25, -0.2) is 12.8 Å². The van der Waals surface area contributed by atoms with Gasteiger partial charge in [-0.3, -0.25) is 9.59 Å². The van der Waals surface area contributed by atoms with Gasteiger partial charge in [0.05, 0.1) is 15.8 Å². The Balaban J connectivity index is 1.69. The second kappa shape index (κ2) is 8.31. The largest absolute Gasteiger partial charge is 0.324 e. The lowest BCUT2D eigenvalue weighted by atomic mass is 10.1. The molecule has 6 nitrogen and oxygen atoms in total. The molecule has 1 aliphatic heterocycles. The minimum absolute atomic E-state index is 0.00624. The molecule has 31 heavy (non-hydrogen) atoms. The molecule has 3 aromatic carbocycles. The maximum atomic E-state index is 13.4. The number of sulfone groups is 1. The number of rotatable bonds is 4. The molecule has 0 bridgehead atoms. The van der Waals surface area contributed by atoms with Crippen LogP contribution in [-0.4, -0.2) is 26.8 Å². The summed E-state index contributed by atoms with van der Waals surface area (Å²) in [6, 6.07) is 20.1. The molecular formula is C23H19FN2O4S. The van der Waals surface area contributed by atoms with Gasteiger partial charge in [0, 0.05) is 12.1 Å². The third-order valence-corrected chi connectivity index (χ3v) is 7.23. The van der Waals surface area contributed by atoms with Crippen molar-refractivity contribution >= 4 is 33.0 Å². The van der Waals surface area contributed by atoms with Gasteiger partial charge in [-0.1, -0.05) is 48.5 Å². The van der Waals surface area contributed by atoms with Crippen LogP contribution in [0.5, 0.6) is 0 Å². The lowest BCUT2D eigenvalue weighted by molar-refractivity contribution is -0.121. The van der Waals surface area contributed by atoms with E-state index in [0.29, 0.717) is 5.56 Å². The third-order valence-electron chi connectivity index (χ3n) is 5.08. The summed E-state index contributed by atoms with van der Waals surface area (Å²) in [7, 11) is -3.88. The molecule has 0 aromatic heterocycles. The van der Waals surface area contributed by atoms with E-state index in [1.807, 2.05) is 0 Å². The van der Waals surface area contributed by atoms with E-state index in [1.165, 1.54) is 35.2 Å². The number of carbonyl (C=O) groups excluding carboxylic acids is 2.